The fourth-order valence-electron chi connectivity index (χ4n) is 2.45. The van der Waals surface area contributed by atoms with Gasteiger partial charge in [0.05, 0.1) is 18.9 Å². The highest BCUT2D eigenvalue weighted by Gasteiger charge is 2.11. The Morgan fingerprint density at radius 2 is 1.89 bits per heavy atom. The second-order valence-electron chi connectivity index (χ2n) is 5.83. The van der Waals surface area contributed by atoms with E-state index in [1.807, 2.05) is 55.5 Å². The predicted octanol–water partition coefficient (Wildman–Crippen LogP) is 4.07. The molecule has 0 aliphatic heterocycles. The number of benzene rings is 2. The number of rotatable bonds is 5. The van der Waals surface area contributed by atoms with E-state index in [4.69, 9.17) is 11.3 Å². The quantitative estimate of drug-likeness (QED) is 0.392. The van der Waals surface area contributed by atoms with Gasteiger partial charge in [-0.15, -0.1) is 5.10 Å². The molecule has 0 N–H and O–H groups in total. The summed E-state index contributed by atoms with van der Waals surface area (Å²) in [5.74, 6) is -0.0167. The van der Waals surface area contributed by atoms with Gasteiger partial charge in [0.15, 0.2) is 5.82 Å². The van der Waals surface area contributed by atoms with Crippen molar-refractivity contribution in [1.82, 2.24) is 14.8 Å². The molecule has 3 rings (SSSR count). The van der Waals surface area contributed by atoms with E-state index in [1.165, 1.54) is 11.6 Å². The number of nitrogens with zero attached hydrogens (tertiary/aromatic N) is 4. The molecule has 27 heavy (non-hydrogen) atoms. The van der Waals surface area contributed by atoms with E-state index in [-0.39, 0.29) is 12.3 Å². The predicted molar refractivity (Wildman–Crippen MR) is 103 cm³/mol. The number of carbonyl (C=O) groups excluding carboxylic acids is 1. The van der Waals surface area contributed by atoms with Gasteiger partial charge in [0.2, 0.25) is 0 Å². The lowest BCUT2D eigenvalue weighted by Crippen LogP contribution is -2.04. The largest absolute Gasteiger partial charge is 0.471 e. The van der Waals surface area contributed by atoms with Crippen molar-refractivity contribution in [3.8, 4) is 17.1 Å². The second-order valence-corrected chi connectivity index (χ2v) is 5.83. The van der Waals surface area contributed by atoms with Crippen LogP contribution in [-0.2, 0) is 9.53 Å². The van der Waals surface area contributed by atoms with Gasteiger partial charge in [-0.2, -0.15) is 0 Å². The van der Waals surface area contributed by atoms with Gasteiger partial charge in [0, 0.05) is 5.56 Å². The molecule has 0 amide bonds. The summed E-state index contributed by atoms with van der Waals surface area (Å²) in [7, 11) is 0. The molecule has 3 aromatic rings. The number of hydrogen-bond acceptors (Lipinski definition) is 4. The highest BCUT2D eigenvalue weighted by atomic mass is 16.5. The summed E-state index contributed by atoms with van der Waals surface area (Å²) in [6.07, 6.45) is 3.18. The van der Waals surface area contributed by atoms with Crippen LogP contribution in [0.15, 0.2) is 60.6 Å². The third-order valence-electron chi connectivity index (χ3n) is 3.87. The van der Waals surface area contributed by atoms with Crippen LogP contribution in [0.5, 0.6) is 0 Å². The van der Waals surface area contributed by atoms with Crippen molar-refractivity contribution in [2.75, 3.05) is 6.61 Å². The fourth-order valence-corrected chi connectivity index (χ4v) is 2.45. The Labute approximate surface area is 157 Å². The Morgan fingerprint density at radius 1 is 1.19 bits per heavy atom. The molecule has 1 aromatic heterocycles. The topological polar surface area (TPSA) is 61.4 Å². The van der Waals surface area contributed by atoms with Crippen LogP contribution in [0.4, 0.5) is 0 Å². The third kappa shape index (κ3) is 4.28. The average Bonchev–Trinajstić information content (AvgIpc) is 3.17. The van der Waals surface area contributed by atoms with Crippen LogP contribution in [0.3, 0.4) is 0 Å². The molecule has 0 fully saturated rings. The van der Waals surface area contributed by atoms with Crippen molar-refractivity contribution in [3.63, 3.8) is 0 Å². The lowest BCUT2D eigenvalue weighted by molar-refractivity contribution is -0.138. The molecule has 0 saturated heterocycles. The summed E-state index contributed by atoms with van der Waals surface area (Å²) < 4.78 is 6.59. The number of aryl methyl sites for hydroxylation is 1. The molecule has 0 aliphatic rings. The SMILES string of the molecule is [C-]#[N+]/C(=C\c1ccc(-c2ncn(-c3ccc(C)cc3)n2)cc1)C(=O)OCC. The number of carbonyl (C=O) groups is 1. The van der Waals surface area contributed by atoms with E-state index < -0.39 is 5.97 Å². The molecule has 0 unspecified atom stereocenters. The summed E-state index contributed by atoms with van der Waals surface area (Å²) >= 11 is 0. The van der Waals surface area contributed by atoms with Gasteiger partial charge in [-0.05, 0) is 37.6 Å². The van der Waals surface area contributed by atoms with E-state index in [0.29, 0.717) is 5.82 Å². The Bertz CT molecular complexity index is 1010. The monoisotopic (exact) mass is 358 g/mol. The van der Waals surface area contributed by atoms with Gasteiger partial charge in [0.1, 0.15) is 6.33 Å². The van der Waals surface area contributed by atoms with Crippen LogP contribution in [0, 0.1) is 13.5 Å². The minimum atomic E-state index is -0.616. The van der Waals surface area contributed by atoms with Crippen LogP contribution in [0.25, 0.3) is 28.0 Å². The first kappa shape index (κ1) is 18.1. The minimum Gasteiger partial charge on any atom is -0.471 e. The maximum Gasteiger partial charge on any atom is 0.336 e. The smallest absolute Gasteiger partial charge is 0.336 e. The first-order valence-corrected chi connectivity index (χ1v) is 8.46. The Kier molecular flexibility index (Phi) is 5.43. The van der Waals surface area contributed by atoms with Gasteiger partial charge >= 0.3 is 5.97 Å². The van der Waals surface area contributed by atoms with Gasteiger partial charge in [-0.3, -0.25) is 4.79 Å². The maximum atomic E-state index is 11.7. The van der Waals surface area contributed by atoms with Crippen LogP contribution in [0.2, 0.25) is 0 Å². The van der Waals surface area contributed by atoms with E-state index in [0.717, 1.165) is 16.8 Å². The zero-order valence-corrected chi connectivity index (χ0v) is 15.1. The summed E-state index contributed by atoms with van der Waals surface area (Å²) in [6, 6.07) is 15.4. The molecule has 6 heteroatoms. The molecule has 2 aromatic carbocycles. The zero-order valence-electron chi connectivity index (χ0n) is 15.1. The van der Waals surface area contributed by atoms with Gasteiger partial charge in [0.25, 0.3) is 5.70 Å². The van der Waals surface area contributed by atoms with Crippen molar-refractivity contribution in [2.45, 2.75) is 13.8 Å². The number of aromatic nitrogens is 3. The van der Waals surface area contributed by atoms with Crippen LogP contribution in [-0.4, -0.2) is 27.3 Å². The number of esters is 1. The van der Waals surface area contributed by atoms with E-state index >= 15 is 0 Å². The maximum absolute atomic E-state index is 11.7. The fraction of sp³-hybridized carbons (Fsp3) is 0.143. The number of hydrogen-bond donors (Lipinski definition) is 0. The molecule has 0 saturated carbocycles. The van der Waals surface area contributed by atoms with Crippen molar-refractivity contribution in [1.29, 1.82) is 0 Å². The first-order valence-electron chi connectivity index (χ1n) is 8.46. The third-order valence-corrected chi connectivity index (χ3v) is 3.87. The molecule has 0 atom stereocenters. The molecular formula is C21H18N4O2. The zero-order chi connectivity index (χ0) is 19.2. The van der Waals surface area contributed by atoms with E-state index in [9.17, 15) is 4.79 Å². The highest BCUT2D eigenvalue weighted by Crippen LogP contribution is 2.19. The average molecular weight is 358 g/mol. The standard InChI is InChI=1S/C21H18N4O2/c1-4-27-21(26)19(22-3)13-16-7-9-17(10-8-16)20-23-14-25(24-20)18-11-5-15(2)6-12-18/h5-14H,4H2,1-2H3/b19-13-. The Morgan fingerprint density at radius 3 is 2.52 bits per heavy atom. The van der Waals surface area contributed by atoms with Crippen LogP contribution >= 0.6 is 0 Å². The van der Waals surface area contributed by atoms with Crippen molar-refractivity contribution in [2.24, 2.45) is 0 Å². The molecule has 6 nitrogen and oxygen atoms in total. The lowest BCUT2D eigenvalue weighted by atomic mass is 10.1. The number of ether oxygens (including phenoxy) is 1. The highest BCUT2D eigenvalue weighted by molar-refractivity contribution is 5.95. The molecule has 0 bridgehead atoms. The molecule has 1 heterocycles. The van der Waals surface area contributed by atoms with Gasteiger partial charge in [-0.1, -0.05) is 42.0 Å². The Hall–Kier alpha value is -3.72. The molecular weight excluding hydrogens is 340 g/mol. The normalized spacial score (nSPS) is 11.1. The Balaban J connectivity index is 1.81. The lowest BCUT2D eigenvalue weighted by Gasteiger charge is -2.02. The van der Waals surface area contributed by atoms with Crippen molar-refractivity contribution < 1.29 is 9.53 Å². The summed E-state index contributed by atoms with van der Waals surface area (Å²) in [6.45, 7) is 11.1. The molecule has 0 spiro atoms. The van der Waals surface area contributed by atoms with E-state index in [2.05, 4.69) is 14.9 Å². The van der Waals surface area contributed by atoms with Crippen molar-refractivity contribution >= 4 is 12.0 Å². The molecule has 134 valence electrons. The summed E-state index contributed by atoms with van der Waals surface area (Å²) in [5.41, 5.74) is 3.65. The van der Waals surface area contributed by atoms with Crippen LogP contribution in [0.1, 0.15) is 18.1 Å². The molecule has 0 radical (unpaired) electrons. The van der Waals surface area contributed by atoms with E-state index in [1.54, 1.807) is 17.9 Å². The van der Waals surface area contributed by atoms with Crippen LogP contribution < -0.4 is 0 Å². The summed E-state index contributed by atoms with van der Waals surface area (Å²) in [5, 5.41) is 4.51. The van der Waals surface area contributed by atoms with Gasteiger partial charge in [-0.25, -0.2) is 14.5 Å². The first-order chi connectivity index (χ1) is 13.1. The minimum absolute atomic E-state index is 0.0497. The van der Waals surface area contributed by atoms with Gasteiger partial charge < -0.3 is 4.74 Å². The van der Waals surface area contributed by atoms with Crippen molar-refractivity contribution in [3.05, 3.63) is 83.1 Å². The second kappa shape index (κ2) is 8.11. The summed E-state index contributed by atoms with van der Waals surface area (Å²) in [4.78, 5) is 19.3. The molecule has 0 aliphatic carbocycles.